The van der Waals surface area contributed by atoms with Gasteiger partial charge in [0.15, 0.2) is 0 Å². The number of benzene rings is 1. The minimum Gasteiger partial charge on any atom is -0.314 e. The second kappa shape index (κ2) is 8.79. The van der Waals surface area contributed by atoms with Crippen molar-refractivity contribution >= 4 is 47.1 Å². The first-order valence-corrected chi connectivity index (χ1v) is 8.63. The molecule has 1 N–H and O–H groups in total. The van der Waals surface area contributed by atoms with E-state index in [4.69, 9.17) is 0 Å². The van der Waals surface area contributed by atoms with Crippen LogP contribution in [0, 0.1) is 0 Å². The van der Waals surface area contributed by atoms with Gasteiger partial charge >= 0.3 is 0 Å². The van der Waals surface area contributed by atoms with Crippen LogP contribution in [0.1, 0.15) is 16.5 Å². The van der Waals surface area contributed by atoms with Crippen molar-refractivity contribution in [3.8, 4) is 0 Å². The summed E-state index contributed by atoms with van der Waals surface area (Å²) in [6.07, 6.45) is 1.94. The largest absolute Gasteiger partial charge is 0.314 e. The Morgan fingerprint density at radius 2 is 1.79 bits per heavy atom. The molecule has 3 aromatic rings. The predicted molar refractivity (Wildman–Crippen MR) is 107 cm³/mol. The first kappa shape index (κ1) is 19.2. The fourth-order valence-corrected chi connectivity index (χ4v) is 4.15. The molecule has 0 radical (unpaired) electrons. The highest BCUT2D eigenvalue weighted by molar-refractivity contribution is 7.10. The normalized spacial score (nSPS) is 16.2. The highest BCUT2D eigenvalue weighted by Crippen LogP contribution is 2.35. The van der Waals surface area contributed by atoms with Gasteiger partial charge in [0.1, 0.15) is 0 Å². The van der Waals surface area contributed by atoms with E-state index >= 15 is 0 Å². The zero-order valence-corrected chi connectivity index (χ0v) is 15.7. The van der Waals surface area contributed by atoms with E-state index in [0.29, 0.717) is 6.04 Å². The Kier molecular flexibility index (Phi) is 7.02. The van der Waals surface area contributed by atoms with Crippen LogP contribution in [-0.2, 0) is 0 Å². The molecule has 4 rings (SSSR count). The van der Waals surface area contributed by atoms with Crippen molar-refractivity contribution in [3.05, 3.63) is 64.5 Å². The fraction of sp³-hybridized carbons (Fsp3) is 0.278. The van der Waals surface area contributed by atoms with E-state index in [1.807, 2.05) is 17.5 Å². The number of para-hydroxylation sites is 1. The van der Waals surface area contributed by atoms with E-state index in [1.165, 1.54) is 15.8 Å². The molecular weight excluding hydrogens is 361 g/mol. The lowest BCUT2D eigenvalue weighted by Gasteiger charge is -2.35. The zero-order chi connectivity index (χ0) is 14.8. The molecular formula is C18H21Cl2N3S. The second-order valence-electron chi connectivity index (χ2n) is 5.62. The van der Waals surface area contributed by atoms with Crippen molar-refractivity contribution < 1.29 is 0 Å². The molecule has 1 saturated heterocycles. The third-order valence-corrected chi connectivity index (χ3v) is 5.23. The van der Waals surface area contributed by atoms with Gasteiger partial charge in [0.05, 0.1) is 11.6 Å². The number of hydrogen-bond acceptors (Lipinski definition) is 4. The summed E-state index contributed by atoms with van der Waals surface area (Å²) in [5, 5.41) is 6.89. The van der Waals surface area contributed by atoms with E-state index in [0.717, 1.165) is 31.7 Å². The van der Waals surface area contributed by atoms with E-state index in [9.17, 15) is 0 Å². The maximum atomic E-state index is 4.52. The Morgan fingerprint density at radius 3 is 2.54 bits per heavy atom. The molecule has 1 aliphatic heterocycles. The summed E-state index contributed by atoms with van der Waals surface area (Å²) in [6, 6.07) is 15.4. The standard InChI is InChI=1S/C18H19N3S.2ClH/c1-2-5-16-14(4-1)15(7-8-20-16)18(17-6-3-13-22-17)21-11-9-19-10-12-21;;/h1-8,13,18-19H,9-12H2;2*1H/t18-;;/m1../s1. The minimum atomic E-state index is 0. The summed E-state index contributed by atoms with van der Waals surface area (Å²) >= 11 is 1.85. The SMILES string of the molecule is Cl.Cl.c1csc([C@@H](c2ccnc3ccccc23)N2CCNCC2)c1. The monoisotopic (exact) mass is 381 g/mol. The van der Waals surface area contributed by atoms with Crippen LogP contribution in [0.3, 0.4) is 0 Å². The molecule has 0 aliphatic carbocycles. The van der Waals surface area contributed by atoms with Crippen LogP contribution >= 0.6 is 36.2 Å². The molecule has 24 heavy (non-hydrogen) atoms. The van der Waals surface area contributed by atoms with Gasteiger partial charge in [0.2, 0.25) is 0 Å². The smallest absolute Gasteiger partial charge is 0.0705 e. The maximum absolute atomic E-state index is 4.52. The van der Waals surface area contributed by atoms with Crippen LogP contribution in [0.4, 0.5) is 0 Å². The number of hydrogen-bond donors (Lipinski definition) is 1. The van der Waals surface area contributed by atoms with E-state index in [1.54, 1.807) is 0 Å². The molecule has 3 nitrogen and oxygen atoms in total. The number of pyridine rings is 1. The van der Waals surface area contributed by atoms with Gasteiger partial charge in [-0.3, -0.25) is 9.88 Å². The Morgan fingerprint density at radius 1 is 1.00 bits per heavy atom. The highest BCUT2D eigenvalue weighted by atomic mass is 35.5. The molecule has 1 aromatic carbocycles. The summed E-state index contributed by atoms with van der Waals surface area (Å²) in [5.41, 5.74) is 2.45. The summed E-state index contributed by atoms with van der Waals surface area (Å²) < 4.78 is 0. The molecule has 0 spiro atoms. The van der Waals surface area contributed by atoms with Gasteiger partial charge in [-0.1, -0.05) is 24.3 Å². The number of fused-ring (bicyclic) bond motifs is 1. The van der Waals surface area contributed by atoms with Gasteiger partial charge in [-0.2, -0.15) is 0 Å². The molecule has 0 bridgehead atoms. The lowest BCUT2D eigenvalue weighted by molar-refractivity contribution is 0.201. The number of aromatic nitrogens is 1. The van der Waals surface area contributed by atoms with Gasteiger partial charge in [0, 0.05) is 42.6 Å². The number of piperazine rings is 1. The molecule has 0 unspecified atom stereocenters. The molecule has 1 fully saturated rings. The van der Waals surface area contributed by atoms with Crippen LogP contribution in [0.2, 0.25) is 0 Å². The van der Waals surface area contributed by atoms with Crippen LogP contribution in [-0.4, -0.2) is 36.1 Å². The number of rotatable bonds is 3. The molecule has 6 heteroatoms. The Bertz CT molecular complexity index is 753. The van der Waals surface area contributed by atoms with E-state index in [-0.39, 0.29) is 24.8 Å². The van der Waals surface area contributed by atoms with Gasteiger partial charge in [-0.15, -0.1) is 36.2 Å². The second-order valence-corrected chi connectivity index (χ2v) is 6.60. The number of halogens is 2. The highest BCUT2D eigenvalue weighted by Gasteiger charge is 2.26. The van der Waals surface area contributed by atoms with Crippen molar-refractivity contribution in [3.63, 3.8) is 0 Å². The lowest BCUT2D eigenvalue weighted by atomic mass is 9.99. The van der Waals surface area contributed by atoms with E-state index < -0.39 is 0 Å². The molecule has 3 heterocycles. The summed E-state index contributed by atoms with van der Waals surface area (Å²) in [6.45, 7) is 4.29. The average molecular weight is 382 g/mol. The average Bonchev–Trinajstić information content (AvgIpc) is 3.11. The molecule has 1 aliphatic rings. The van der Waals surface area contributed by atoms with Crippen LogP contribution < -0.4 is 5.32 Å². The van der Waals surface area contributed by atoms with Crippen molar-refractivity contribution in [2.75, 3.05) is 26.2 Å². The summed E-state index contributed by atoms with van der Waals surface area (Å²) in [7, 11) is 0. The Hall–Kier alpha value is -1.17. The first-order valence-electron chi connectivity index (χ1n) is 7.75. The van der Waals surface area contributed by atoms with Gasteiger partial charge in [-0.25, -0.2) is 0 Å². The van der Waals surface area contributed by atoms with E-state index in [2.05, 4.69) is 63.0 Å². The first-order chi connectivity index (χ1) is 10.9. The summed E-state index contributed by atoms with van der Waals surface area (Å²) in [4.78, 5) is 8.53. The number of nitrogens with one attached hydrogen (secondary N) is 1. The molecule has 0 saturated carbocycles. The van der Waals surface area contributed by atoms with Crippen molar-refractivity contribution in [2.45, 2.75) is 6.04 Å². The van der Waals surface area contributed by atoms with Crippen molar-refractivity contribution in [1.29, 1.82) is 0 Å². The minimum absolute atomic E-state index is 0. The Balaban J connectivity index is 0.00000104. The van der Waals surface area contributed by atoms with Crippen molar-refractivity contribution in [2.24, 2.45) is 0 Å². The van der Waals surface area contributed by atoms with Gasteiger partial charge in [-0.05, 0) is 29.1 Å². The zero-order valence-electron chi connectivity index (χ0n) is 13.2. The molecule has 1 atom stereocenters. The lowest BCUT2D eigenvalue weighted by Crippen LogP contribution is -2.45. The van der Waals surface area contributed by atoms with Gasteiger partial charge in [0.25, 0.3) is 0 Å². The van der Waals surface area contributed by atoms with Crippen molar-refractivity contribution in [1.82, 2.24) is 15.2 Å². The molecule has 2 aromatic heterocycles. The van der Waals surface area contributed by atoms with Crippen LogP contribution in [0.25, 0.3) is 10.9 Å². The summed E-state index contributed by atoms with van der Waals surface area (Å²) in [5.74, 6) is 0. The number of thiophene rings is 1. The third kappa shape index (κ3) is 3.73. The maximum Gasteiger partial charge on any atom is 0.0705 e. The predicted octanol–water partition coefficient (Wildman–Crippen LogP) is 4.13. The topological polar surface area (TPSA) is 28.2 Å². The fourth-order valence-electron chi connectivity index (χ4n) is 3.27. The van der Waals surface area contributed by atoms with Crippen LogP contribution in [0.15, 0.2) is 54.0 Å². The molecule has 128 valence electrons. The Labute approximate surface area is 158 Å². The number of nitrogens with zero attached hydrogens (tertiary/aromatic N) is 2. The van der Waals surface area contributed by atoms with Gasteiger partial charge < -0.3 is 5.32 Å². The third-order valence-electron chi connectivity index (χ3n) is 4.31. The quantitative estimate of drug-likeness (QED) is 0.738. The molecule has 0 amide bonds. The van der Waals surface area contributed by atoms with Crippen LogP contribution in [0.5, 0.6) is 0 Å².